The molecule has 1 saturated heterocycles. The molecular formula is C18H20FN9. The highest BCUT2D eigenvalue weighted by atomic mass is 19.2. The van der Waals surface area contributed by atoms with Gasteiger partial charge in [0.05, 0.1) is 24.1 Å². The number of aliphatic imine (C=N–C) groups is 1. The third-order valence-corrected chi connectivity index (χ3v) is 5.88. The second kappa shape index (κ2) is 5.68. The Hall–Kier alpha value is -3.14. The molecule has 0 N–H and O–H groups in total. The molecule has 2 atom stereocenters. The largest absolute Gasteiger partial charge is 0.304 e. The molecule has 2 unspecified atom stereocenters. The molecule has 0 aliphatic carbocycles. The lowest BCUT2D eigenvalue weighted by molar-refractivity contribution is 0.104. The molecule has 0 saturated carbocycles. The second-order valence-corrected chi connectivity index (χ2v) is 7.52. The molecule has 28 heavy (non-hydrogen) atoms. The van der Waals surface area contributed by atoms with E-state index in [4.69, 9.17) is 0 Å². The van der Waals surface area contributed by atoms with Gasteiger partial charge < -0.3 is 4.90 Å². The standard InChI is InChI=1S/C18H20FN9/c1-23-8-4-7-16(23)14-9-26(22-21-14)27-11-20-18-13-5-2-3-6-15(13)25-12-24(19)10-17(25)28(18)27/h2-3,5-6,9-11,16,18H,4,7-8,12H2,1H3. The van der Waals surface area contributed by atoms with Gasteiger partial charge in [0.2, 0.25) is 0 Å². The Kier molecular flexibility index (Phi) is 3.22. The first-order chi connectivity index (χ1) is 13.7. The molecule has 6 rings (SSSR count). The van der Waals surface area contributed by atoms with E-state index in [-0.39, 0.29) is 18.9 Å². The number of benzene rings is 1. The van der Waals surface area contributed by atoms with E-state index in [0.717, 1.165) is 35.7 Å². The Bertz CT molecular complexity index is 985. The average molecular weight is 381 g/mol. The van der Waals surface area contributed by atoms with Crippen LogP contribution in [0, 0.1) is 0 Å². The van der Waals surface area contributed by atoms with Gasteiger partial charge in [0.1, 0.15) is 18.7 Å². The molecule has 4 aliphatic heterocycles. The summed E-state index contributed by atoms with van der Waals surface area (Å²) in [6.45, 7) is 1.22. The maximum absolute atomic E-state index is 14.1. The molecule has 0 radical (unpaired) electrons. The van der Waals surface area contributed by atoms with Crippen LogP contribution in [0.2, 0.25) is 0 Å². The molecule has 4 aliphatic rings. The van der Waals surface area contributed by atoms with Crippen molar-refractivity contribution >= 4 is 12.0 Å². The fourth-order valence-corrected chi connectivity index (χ4v) is 4.53. The Balaban J connectivity index is 1.39. The normalized spacial score (nSPS) is 26.0. The highest BCUT2D eigenvalue weighted by Crippen LogP contribution is 2.45. The first-order valence-corrected chi connectivity index (χ1v) is 9.46. The molecule has 2 aromatic rings. The van der Waals surface area contributed by atoms with Crippen LogP contribution in [-0.2, 0) is 0 Å². The molecule has 10 heteroatoms. The van der Waals surface area contributed by atoms with Gasteiger partial charge >= 0.3 is 0 Å². The fraction of sp³-hybridized carbons (Fsp3) is 0.389. The van der Waals surface area contributed by atoms with Crippen LogP contribution < -0.4 is 10.0 Å². The molecule has 1 aromatic heterocycles. The number of likely N-dealkylation sites (tertiary alicyclic amines) is 1. The van der Waals surface area contributed by atoms with Gasteiger partial charge in [-0.05, 0) is 37.7 Å². The smallest absolute Gasteiger partial charge is 0.173 e. The van der Waals surface area contributed by atoms with Crippen molar-refractivity contribution in [2.24, 2.45) is 4.99 Å². The van der Waals surface area contributed by atoms with E-state index in [9.17, 15) is 4.48 Å². The minimum Gasteiger partial charge on any atom is -0.304 e. The molecule has 0 spiro atoms. The van der Waals surface area contributed by atoms with Crippen LogP contribution in [0.4, 0.5) is 10.2 Å². The Morgan fingerprint density at radius 3 is 2.96 bits per heavy atom. The van der Waals surface area contributed by atoms with Crippen LogP contribution in [0.3, 0.4) is 0 Å². The zero-order chi connectivity index (χ0) is 18.8. The molecule has 144 valence electrons. The lowest BCUT2D eigenvalue weighted by Crippen LogP contribution is -2.51. The minimum atomic E-state index is -0.257. The monoisotopic (exact) mass is 381 g/mol. The molecular weight excluding hydrogens is 361 g/mol. The summed E-state index contributed by atoms with van der Waals surface area (Å²) < 4.78 is 14.1. The number of hydrogen-bond acceptors (Lipinski definition) is 8. The van der Waals surface area contributed by atoms with Crippen LogP contribution in [0.5, 0.6) is 0 Å². The van der Waals surface area contributed by atoms with Crippen molar-refractivity contribution < 1.29 is 4.48 Å². The molecule has 1 fully saturated rings. The zero-order valence-corrected chi connectivity index (χ0v) is 15.4. The number of rotatable bonds is 2. The maximum Gasteiger partial charge on any atom is 0.173 e. The van der Waals surface area contributed by atoms with Crippen molar-refractivity contribution in [2.75, 3.05) is 30.3 Å². The Labute approximate surface area is 161 Å². The van der Waals surface area contributed by atoms with E-state index < -0.39 is 0 Å². The number of halogens is 1. The first kappa shape index (κ1) is 15.9. The van der Waals surface area contributed by atoms with Gasteiger partial charge in [-0.25, -0.2) is 10.0 Å². The molecule has 9 nitrogen and oxygen atoms in total. The maximum atomic E-state index is 14.1. The summed E-state index contributed by atoms with van der Waals surface area (Å²) in [4.78, 5) is 10.6. The van der Waals surface area contributed by atoms with Crippen molar-refractivity contribution in [2.45, 2.75) is 25.0 Å². The predicted octanol–water partition coefficient (Wildman–Crippen LogP) is 1.72. The highest BCUT2D eigenvalue weighted by molar-refractivity contribution is 5.73. The lowest BCUT2D eigenvalue weighted by atomic mass is 10.1. The first-order valence-electron chi connectivity index (χ1n) is 9.46. The van der Waals surface area contributed by atoms with Crippen LogP contribution >= 0.6 is 0 Å². The summed E-state index contributed by atoms with van der Waals surface area (Å²) in [5.74, 6) is 0.721. The molecule has 0 bridgehead atoms. The predicted molar refractivity (Wildman–Crippen MR) is 101 cm³/mol. The molecule has 0 amide bonds. The van der Waals surface area contributed by atoms with Gasteiger partial charge in [0, 0.05) is 5.56 Å². The summed E-state index contributed by atoms with van der Waals surface area (Å²) in [6.07, 6.45) is 7.15. The van der Waals surface area contributed by atoms with E-state index in [2.05, 4.69) is 27.3 Å². The van der Waals surface area contributed by atoms with Gasteiger partial charge in [0.15, 0.2) is 12.0 Å². The fourth-order valence-electron chi connectivity index (χ4n) is 4.53. The average Bonchev–Trinajstić information content (AvgIpc) is 3.46. The summed E-state index contributed by atoms with van der Waals surface area (Å²) in [5.41, 5.74) is 2.95. The van der Waals surface area contributed by atoms with Gasteiger partial charge in [-0.1, -0.05) is 22.7 Å². The third-order valence-electron chi connectivity index (χ3n) is 5.88. The van der Waals surface area contributed by atoms with Gasteiger partial charge in [0.25, 0.3) is 0 Å². The number of anilines is 1. The molecule has 1 aromatic carbocycles. The SMILES string of the molecule is CN1CCCC1c1cn(N2C=NC3c4ccccc4N4CN(F)C=C4N32)nn1. The van der Waals surface area contributed by atoms with Gasteiger partial charge in [-0.3, -0.25) is 4.90 Å². The highest BCUT2D eigenvalue weighted by Gasteiger charge is 2.44. The number of hydrogen-bond donors (Lipinski definition) is 0. The topological polar surface area (TPSA) is 59.3 Å². The number of para-hydroxylation sites is 1. The summed E-state index contributed by atoms with van der Waals surface area (Å²) in [7, 11) is 2.11. The van der Waals surface area contributed by atoms with E-state index >= 15 is 0 Å². The van der Waals surface area contributed by atoms with Crippen LogP contribution in [0.1, 0.15) is 36.3 Å². The number of hydrazine groups is 1. The summed E-state index contributed by atoms with van der Waals surface area (Å²) >= 11 is 0. The van der Waals surface area contributed by atoms with E-state index in [0.29, 0.717) is 5.12 Å². The van der Waals surface area contributed by atoms with Gasteiger partial charge in [-0.15, -0.1) is 9.89 Å². The third kappa shape index (κ3) is 2.12. The quantitative estimate of drug-likeness (QED) is 0.734. The van der Waals surface area contributed by atoms with Crippen molar-refractivity contribution in [3.05, 3.63) is 53.7 Å². The number of nitrogens with zero attached hydrogens (tertiary/aromatic N) is 9. The van der Waals surface area contributed by atoms with Gasteiger partial charge in [-0.2, -0.15) is 10.2 Å². The van der Waals surface area contributed by atoms with E-state index in [1.165, 1.54) is 12.6 Å². The van der Waals surface area contributed by atoms with E-state index in [1.807, 2.05) is 40.4 Å². The number of fused-ring (bicyclic) bond motifs is 6. The van der Waals surface area contributed by atoms with Crippen molar-refractivity contribution in [1.82, 2.24) is 30.1 Å². The van der Waals surface area contributed by atoms with Crippen LogP contribution in [0.15, 0.2) is 47.5 Å². The zero-order valence-electron chi connectivity index (χ0n) is 15.4. The Morgan fingerprint density at radius 1 is 1.21 bits per heavy atom. The van der Waals surface area contributed by atoms with E-state index in [1.54, 1.807) is 16.2 Å². The lowest BCUT2D eigenvalue weighted by Gasteiger charge is -2.41. The second-order valence-electron chi connectivity index (χ2n) is 7.52. The minimum absolute atomic E-state index is 0.152. The van der Waals surface area contributed by atoms with Crippen LogP contribution in [0.25, 0.3) is 0 Å². The molecule has 5 heterocycles. The van der Waals surface area contributed by atoms with Crippen molar-refractivity contribution in [1.29, 1.82) is 0 Å². The van der Waals surface area contributed by atoms with Crippen molar-refractivity contribution in [3.63, 3.8) is 0 Å². The van der Waals surface area contributed by atoms with Crippen molar-refractivity contribution in [3.8, 4) is 0 Å². The summed E-state index contributed by atoms with van der Waals surface area (Å²) in [5, 5.41) is 13.2. The van der Waals surface area contributed by atoms with Crippen LogP contribution in [-0.4, -0.2) is 56.7 Å². The summed E-state index contributed by atoms with van der Waals surface area (Å²) in [6, 6.07) is 8.27. The number of aromatic nitrogens is 3. The Morgan fingerprint density at radius 2 is 2.11 bits per heavy atom.